The van der Waals surface area contributed by atoms with Crippen LogP contribution in [0.5, 0.6) is 0 Å². The van der Waals surface area contributed by atoms with E-state index < -0.39 is 0 Å². The first-order valence-electron chi connectivity index (χ1n) is 6.30. The molecule has 1 fully saturated rings. The number of aliphatic hydroxyl groups is 1. The number of carbonyl (C=O) groups excluding carboxylic acids is 1. The highest BCUT2D eigenvalue weighted by Gasteiger charge is 2.24. The maximum absolute atomic E-state index is 12.0. The Labute approximate surface area is 98.1 Å². The number of carbonyl (C=O) groups is 1. The molecule has 0 saturated heterocycles. The van der Waals surface area contributed by atoms with Crippen LogP contribution in [0.3, 0.4) is 0 Å². The minimum Gasteiger partial charge on any atom is -0.396 e. The van der Waals surface area contributed by atoms with E-state index in [1.807, 2.05) is 11.0 Å². The predicted octanol–water partition coefficient (Wildman–Crippen LogP) is 2.11. The van der Waals surface area contributed by atoms with E-state index >= 15 is 0 Å². The van der Waals surface area contributed by atoms with Crippen molar-refractivity contribution < 1.29 is 9.90 Å². The molecule has 0 aliphatic heterocycles. The van der Waals surface area contributed by atoms with E-state index in [9.17, 15) is 4.79 Å². The predicted molar refractivity (Wildman–Crippen MR) is 65.1 cm³/mol. The number of hydrogen-bond donors (Lipinski definition) is 1. The third kappa shape index (κ3) is 3.97. The van der Waals surface area contributed by atoms with Gasteiger partial charge in [-0.2, -0.15) is 0 Å². The number of rotatable bonds is 7. The first kappa shape index (κ1) is 13.2. The van der Waals surface area contributed by atoms with Gasteiger partial charge in [-0.3, -0.25) is 4.79 Å². The monoisotopic (exact) mass is 225 g/mol. The Balaban J connectivity index is 2.41. The van der Waals surface area contributed by atoms with E-state index in [1.54, 1.807) is 0 Å². The second-order valence-electron chi connectivity index (χ2n) is 4.45. The van der Waals surface area contributed by atoms with Crippen LogP contribution in [-0.4, -0.2) is 35.1 Å². The molecule has 1 rings (SSSR count). The summed E-state index contributed by atoms with van der Waals surface area (Å²) >= 11 is 0. The fourth-order valence-corrected chi connectivity index (χ4v) is 2.34. The number of aliphatic hydroxyl groups excluding tert-OH is 1. The zero-order chi connectivity index (χ0) is 11.8. The summed E-state index contributed by atoms with van der Waals surface area (Å²) in [6.45, 7) is 4.56. The Morgan fingerprint density at radius 1 is 1.38 bits per heavy atom. The lowest BCUT2D eigenvalue weighted by molar-refractivity contribution is -0.133. The molecule has 1 aliphatic carbocycles. The van der Waals surface area contributed by atoms with E-state index in [4.69, 9.17) is 5.11 Å². The average Bonchev–Trinajstić information content (AvgIpc) is 2.79. The maximum Gasteiger partial charge on any atom is 0.223 e. The van der Waals surface area contributed by atoms with Crippen molar-refractivity contribution in [3.8, 4) is 0 Å². The Kier molecular flexibility index (Phi) is 6.16. The molecule has 3 heteroatoms. The van der Waals surface area contributed by atoms with Gasteiger partial charge in [0.2, 0.25) is 5.91 Å². The first-order valence-corrected chi connectivity index (χ1v) is 6.30. The summed E-state index contributed by atoms with van der Waals surface area (Å²) in [6.07, 6.45) is 8.63. The van der Waals surface area contributed by atoms with Gasteiger partial charge in [-0.25, -0.2) is 0 Å². The zero-order valence-corrected chi connectivity index (χ0v) is 10.0. The summed E-state index contributed by atoms with van der Waals surface area (Å²) in [7, 11) is 0. The third-order valence-electron chi connectivity index (χ3n) is 3.21. The van der Waals surface area contributed by atoms with Crippen LogP contribution in [0.2, 0.25) is 0 Å². The highest BCUT2D eigenvalue weighted by molar-refractivity contribution is 5.76. The van der Waals surface area contributed by atoms with E-state index in [0.29, 0.717) is 19.0 Å². The van der Waals surface area contributed by atoms with Crippen LogP contribution < -0.4 is 0 Å². The standard InChI is InChI=1S/C13H23NO2/c1-2-10-14(12-7-3-4-8-12)13(16)9-5-6-11-15/h2,12,15H,1,3-11H2. The van der Waals surface area contributed by atoms with Crippen molar-refractivity contribution in [1.29, 1.82) is 0 Å². The molecule has 0 spiro atoms. The van der Waals surface area contributed by atoms with Crippen molar-refractivity contribution in [2.24, 2.45) is 0 Å². The van der Waals surface area contributed by atoms with Gasteiger partial charge in [0.15, 0.2) is 0 Å². The van der Waals surface area contributed by atoms with Crippen molar-refractivity contribution in [2.75, 3.05) is 13.2 Å². The smallest absolute Gasteiger partial charge is 0.223 e. The molecule has 1 aliphatic rings. The van der Waals surface area contributed by atoms with Crippen LogP contribution in [0, 0.1) is 0 Å². The van der Waals surface area contributed by atoms with Gasteiger partial charge in [-0.15, -0.1) is 6.58 Å². The van der Waals surface area contributed by atoms with Crippen LogP contribution in [0.4, 0.5) is 0 Å². The molecule has 0 heterocycles. The molecule has 92 valence electrons. The quantitative estimate of drug-likeness (QED) is 0.532. The molecule has 0 bridgehead atoms. The van der Waals surface area contributed by atoms with Crippen LogP contribution in [0.15, 0.2) is 12.7 Å². The fourth-order valence-electron chi connectivity index (χ4n) is 2.34. The highest BCUT2D eigenvalue weighted by Crippen LogP contribution is 2.24. The van der Waals surface area contributed by atoms with Gasteiger partial charge in [0, 0.05) is 25.6 Å². The van der Waals surface area contributed by atoms with Gasteiger partial charge in [-0.05, 0) is 25.7 Å². The van der Waals surface area contributed by atoms with Gasteiger partial charge < -0.3 is 10.0 Å². The van der Waals surface area contributed by atoms with Crippen molar-refractivity contribution in [2.45, 2.75) is 51.0 Å². The fraction of sp³-hybridized carbons (Fsp3) is 0.769. The molecule has 0 aromatic carbocycles. The summed E-state index contributed by atoms with van der Waals surface area (Å²) in [6, 6.07) is 0.430. The Hall–Kier alpha value is -0.830. The molecule has 0 atom stereocenters. The molecule has 1 amide bonds. The van der Waals surface area contributed by atoms with Crippen LogP contribution >= 0.6 is 0 Å². The molecule has 1 N–H and O–H groups in total. The Morgan fingerprint density at radius 3 is 2.62 bits per heavy atom. The molecule has 0 unspecified atom stereocenters. The molecule has 0 radical (unpaired) electrons. The number of unbranched alkanes of at least 4 members (excludes halogenated alkanes) is 1. The molecule has 16 heavy (non-hydrogen) atoms. The normalized spacial score (nSPS) is 16.3. The van der Waals surface area contributed by atoms with Gasteiger partial charge in [0.25, 0.3) is 0 Å². The van der Waals surface area contributed by atoms with Crippen molar-refractivity contribution in [1.82, 2.24) is 4.90 Å². The molecular weight excluding hydrogens is 202 g/mol. The SMILES string of the molecule is C=CCN(C(=O)CCCCO)C1CCCC1. The topological polar surface area (TPSA) is 40.5 Å². The van der Waals surface area contributed by atoms with Gasteiger partial charge in [0.05, 0.1) is 0 Å². The maximum atomic E-state index is 12.0. The van der Waals surface area contributed by atoms with Crippen molar-refractivity contribution >= 4 is 5.91 Å². The summed E-state index contributed by atoms with van der Waals surface area (Å²) in [5, 5.41) is 8.69. The van der Waals surface area contributed by atoms with Crippen LogP contribution in [0.1, 0.15) is 44.9 Å². The zero-order valence-electron chi connectivity index (χ0n) is 10.0. The van der Waals surface area contributed by atoms with E-state index in [2.05, 4.69) is 6.58 Å². The Bertz CT molecular complexity index is 222. The molecule has 3 nitrogen and oxygen atoms in total. The third-order valence-corrected chi connectivity index (χ3v) is 3.21. The summed E-state index contributed by atoms with van der Waals surface area (Å²) in [4.78, 5) is 14.0. The molecule has 0 aromatic heterocycles. The summed E-state index contributed by atoms with van der Waals surface area (Å²) < 4.78 is 0. The number of amides is 1. The lowest BCUT2D eigenvalue weighted by atomic mass is 10.1. The van der Waals surface area contributed by atoms with E-state index in [0.717, 1.165) is 25.7 Å². The number of nitrogens with zero attached hydrogens (tertiary/aromatic N) is 1. The van der Waals surface area contributed by atoms with Crippen molar-refractivity contribution in [3.05, 3.63) is 12.7 Å². The minimum atomic E-state index is 0.179. The van der Waals surface area contributed by atoms with E-state index in [1.165, 1.54) is 12.8 Å². The second kappa shape index (κ2) is 7.44. The largest absolute Gasteiger partial charge is 0.396 e. The van der Waals surface area contributed by atoms with Crippen molar-refractivity contribution in [3.63, 3.8) is 0 Å². The lowest BCUT2D eigenvalue weighted by Gasteiger charge is -2.28. The second-order valence-corrected chi connectivity index (χ2v) is 4.45. The summed E-state index contributed by atoms with van der Waals surface area (Å²) in [5.74, 6) is 0.222. The van der Waals surface area contributed by atoms with Gasteiger partial charge in [-0.1, -0.05) is 18.9 Å². The molecular formula is C13H23NO2. The highest BCUT2D eigenvalue weighted by atomic mass is 16.3. The number of hydrogen-bond acceptors (Lipinski definition) is 2. The molecule has 1 saturated carbocycles. The minimum absolute atomic E-state index is 0.179. The van der Waals surface area contributed by atoms with Crippen LogP contribution in [0.25, 0.3) is 0 Å². The van der Waals surface area contributed by atoms with Gasteiger partial charge in [0.1, 0.15) is 0 Å². The average molecular weight is 225 g/mol. The molecule has 0 aromatic rings. The Morgan fingerprint density at radius 2 is 2.06 bits per heavy atom. The van der Waals surface area contributed by atoms with E-state index in [-0.39, 0.29) is 12.5 Å². The summed E-state index contributed by atoms with van der Waals surface area (Å²) in [5.41, 5.74) is 0. The first-order chi connectivity index (χ1) is 7.79. The van der Waals surface area contributed by atoms with Crippen LogP contribution in [-0.2, 0) is 4.79 Å². The van der Waals surface area contributed by atoms with Gasteiger partial charge >= 0.3 is 0 Å². The lowest BCUT2D eigenvalue weighted by Crippen LogP contribution is -2.38.